The first-order valence-electron chi connectivity index (χ1n) is 4.35. The second kappa shape index (κ2) is 4.50. The Balaban J connectivity index is 2.09. The SMILES string of the molecule is CC(=O)[CH]CN1CCCCC1. The highest BCUT2D eigenvalue weighted by molar-refractivity contribution is 5.84. The first-order valence-corrected chi connectivity index (χ1v) is 4.35. The molecular formula is C9H16NO. The Hall–Kier alpha value is -0.370. The molecule has 0 aliphatic carbocycles. The summed E-state index contributed by atoms with van der Waals surface area (Å²) in [6, 6.07) is 0. The van der Waals surface area contributed by atoms with Crippen LogP contribution in [0.4, 0.5) is 0 Å². The zero-order valence-corrected chi connectivity index (χ0v) is 7.18. The van der Waals surface area contributed by atoms with Crippen LogP contribution in [-0.2, 0) is 4.79 Å². The van der Waals surface area contributed by atoms with Crippen molar-refractivity contribution in [1.29, 1.82) is 0 Å². The van der Waals surface area contributed by atoms with E-state index in [2.05, 4.69) is 4.90 Å². The minimum Gasteiger partial charge on any atom is -0.303 e. The fraction of sp³-hybridized carbons (Fsp3) is 0.778. The van der Waals surface area contributed by atoms with Crippen molar-refractivity contribution < 1.29 is 4.79 Å². The van der Waals surface area contributed by atoms with Crippen LogP contribution in [0.25, 0.3) is 0 Å². The number of likely N-dealkylation sites (tertiary alicyclic amines) is 1. The number of rotatable bonds is 3. The fourth-order valence-corrected chi connectivity index (χ4v) is 1.40. The van der Waals surface area contributed by atoms with Gasteiger partial charge in [-0.15, -0.1) is 0 Å². The first kappa shape index (κ1) is 8.72. The topological polar surface area (TPSA) is 20.3 Å². The third-order valence-corrected chi connectivity index (χ3v) is 2.09. The molecule has 1 fully saturated rings. The average molecular weight is 154 g/mol. The number of nitrogens with zero attached hydrogens (tertiary/aromatic N) is 1. The van der Waals surface area contributed by atoms with Gasteiger partial charge in [-0.2, -0.15) is 0 Å². The van der Waals surface area contributed by atoms with E-state index in [0.717, 1.165) is 6.54 Å². The highest BCUT2D eigenvalue weighted by Crippen LogP contribution is 2.08. The van der Waals surface area contributed by atoms with E-state index in [0.29, 0.717) is 0 Å². The van der Waals surface area contributed by atoms with Crippen molar-refractivity contribution in [2.75, 3.05) is 19.6 Å². The minimum atomic E-state index is 0.190. The predicted molar refractivity (Wildman–Crippen MR) is 45.3 cm³/mol. The van der Waals surface area contributed by atoms with Crippen molar-refractivity contribution in [2.24, 2.45) is 0 Å². The van der Waals surface area contributed by atoms with E-state index in [9.17, 15) is 4.79 Å². The summed E-state index contributed by atoms with van der Waals surface area (Å²) in [7, 11) is 0. The molecule has 0 saturated carbocycles. The molecule has 0 spiro atoms. The summed E-state index contributed by atoms with van der Waals surface area (Å²) in [5.74, 6) is 0.190. The fourth-order valence-electron chi connectivity index (χ4n) is 1.40. The van der Waals surface area contributed by atoms with Crippen molar-refractivity contribution in [1.82, 2.24) is 4.90 Å². The number of piperidine rings is 1. The van der Waals surface area contributed by atoms with Gasteiger partial charge in [0, 0.05) is 13.0 Å². The molecule has 1 aliphatic heterocycles. The van der Waals surface area contributed by atoms with E-state index in [1.165, 1.54) is 32.4 Å². The molecule has 0 aromatic rings. The van der Waals surface area contributed by atoms with Gasteiger partial charge in [-0.25, -0.2) is 0 Å². The van der Waals surface area contributed by atoms with Gasteiger partial charge in [0.25, 0.3) is 0 Å². The van der Waals surface area contributed by atoms with Gasteiger partial charge in [-0.05, 0) is 32.9 Å². The molecule has 0 aromatic heterocycles. The third kappa shape index (κ3) is 3.51. The Bertz CT molecular complexity index is 128. The van der Waals surface area contributed by atoms with Crippen LogP contribution in [0.1, 0.15) is 26.2 Å². The van der Waals surface area contributed by atoms with Crippen LogP contribution in [0.15, 0.2) is 0 Å². The molecule has 0 amide bonds. The van der Waals surface area contributed by atoms with Crippen LogP contribution < -0.4 is 0 Å². The molecule has 0 N–H and O–H groups in total. The van der Waals surface area contributed by atoms with E-state index < -0.39 is 0 Å². The number of carbonyl (C=O) groups is 1. The molecule has 63 valence electrons. The molecule has 1 heterocycles. The molecule has 2 heteroatoms. The Kier molecular flexibility index (Phi) is 3.57. The van der Waals surface area contributed by atoms with Gasteiger partial charge in [0.05, 0.1) is 0 Å². The Morgan fingerprint density at radius 2 is 2.00 bits per heavy atom. The summed E-state index contributed by atoms with van der Waals surface area (Å²) < 4.78 is 0. The summed E-state index contributed by atoms with van der Waals surface area (Å²) in [5.41, 5.74) is 0. The van der Waals surface area contributed by atoms with Crippen LogP contribution >= 0.6 is 0 Å². The quantitative estimate of drug-likeness (QED) is 0.610. The van der Waals surface area contributed by atoms with E-state index in [1.807, 2.05) is 0 Å². The summed E-state index contributed by atoms with van der Waals surface area (Å²) in [4.78, 5) is 12.9. The maximum Gasteiger partial charge on any atom is 0.134 e. The molecule has 1 rings (SSSR count). The summed E-state index contributed by atoms with van der Waals surface area (Å²) in [6.07, 6.45) is 5.72. The van der Waals surface area contributed by atoms with E-state index >= 15 is 0 Å². The van der Waals surface area contributed by atoms with Crippen LogP contribution in [0.2, 0.25) is 0 Å². The highest BCUT2D eigenvalue weighted by Gasteiger charge is 2.09. The maximum absolute atomic E-state index is 10.6. The zero-order valence-electron chi connectivity index (χ0n) is 7.18. The summed E-state index contributed by atoms with van der Waals surface area (Å²) >= 11 is 0. The van der Waals surface area contributed by atoms with Crippen molar-refractivity contribution in [3.8, 4) is 0 Å². The molecule has 1 aliphatic rings. The average Bonchev–Trinajstić information content (AvgIpc) is 2.03. The normalized spacial score (nSPS) is 20.1. The largest absolute Gasteiger partial charge is 0.303 e. The second-order valence-corrected chi connectivity index (χ2v) is 3.18. The lowest BCUT2D eigenvalue weighted by Gasteiger charge is -2.25. The zero-order chi connectivity index (χ0) is 8.10. The van der Waals surface area contributed by atoms with Gasteiger partial charge >= 0.3 is 0 Å². The van der Waals surface area contributed by atoms with Crippen molar-refractivity contribution >= 4 is 5.78 Å². The molecule has 0 aromatic carbocycles. The molecule has 11 heavy (non-hydrogen) atoms. The van der Waals surface area contributed by atoms with Gasteiger partial charge in [0.2, 0.25) is 0 Å². The van der Waals surface area contributed by atoms with E-state index in [-0.39, 0.29) is 5.78 Å². The summed E-state index contributed by atoms with van der Waals surface area (Å²) in [6.45, 7) is 4.81. The van der Waals surface area contributed by atoms with Crippen LogP contribution in [0.3, 0.4) is 0 Å². The number of hydrogen-bond acceptors (Lipinski definition) is 2. The van der Waals surface area contributed by atoms with Gasteiger partial charge in [-0.1, -0.05) is 6.42 Å². The van der Waals surface area contributed by atoms with Crippen LogP contribution in [0.5, 0.6) is 0 Å². The van der Waals surface area contributed by atoms with Crippen LogP contribution in [0, 0.1) is 6.42 Å². The lowest BCUT2D eigenvalue weighted by molar-refractivity contribution is -0.114. The number of hydrogen-bond donors (Lipinski definition) is 0. The maximum atomic E-state index is 10.6. The first-order chi connectivity index (χ1) is 5.29. The predicted octanol–water partition coefficient (Wildman–Crippen LogP) is 1.27. The van der Waals surface area contributed by atoms with Gasteiger partial charge in [0.1, 0.15) is 5.78 Å². The van der Waals surface area contributed by atoms with Gasteiger partial charge in [0.15, 0.2) is 0 Å². The Morgan fingerprint density at radius 3 is 2.55 bits per heavy atom. The lowest BCUT2D eigenvalue weighted by atomic mass is 10.1. The lowest BCUT2D eigenvalue weighted by Crippen LogP contribution is -2.31. The minimum absolute atomic E-state index is 0.190. The van der Waals surface area contributed by atoms with Crippen molar-refractivity contribution in [3.05, 3.63) is 6.42 Å². The van der Waals surface area contributed by atoms with Gasteiger partial charge < -0.3 is 4.90 Å². The monoisotopic (exact) mass is 154 g/mol. The third-order valence-electron chi connectivity index (χ3n) is 2.09. The molecular weight excluding hydrogens is 138 g/mol. The Labute approximate surface area is 68.6 Å². The Morgan fingerprint density at radius 1 is 1.36 bits per heavy atom. The van der Waals surface area contributed by atoms with E-state index in [1.54, 1.807) is 13.3 Å². The number of ketones is 1. The highest BCUT2D eigenvalue weighted by atomic mass is 16.1. The molecule has 0 bridgehead atoms. The number of carbonyl (C=O) groups excluding carboxylic acids is 1. The van der Waals surface area contributed by atoms with Gasteiger partial charge in [-0.3, -0.25) is 4.79 Å². The van der Waals surface area contributed by atoms with Crippen molar-refractivity contribution in [2.45, 2.75) is 26.2 Å². The second-order valence-electron chi connectivity index (χ2n) is 3.18. The van der Waals surface area contributed by atoms with Crippen molar-refractivity contribution in [3.63, 3.8) is 0 Å². The standard InChI is InChI=1S/C9H16NO/c1-9(11)5-8-10-6-3-2-4-7-10/h5H,2-4,6-8H2,1H3. The van der Waals surface area contributed by atoms with E-state index in [4.69, 9.17) is 0 Å². The van der Waals surface area contributed by atoms with Crippen LogP contribution in [-0.4, -0.2) is 30.3 Å². The molecule has 1 saturated heterocycles. The molecule has 1 radical (unpaired) electrons. The smallest absolute Gasteiger partial charge is 0.134 e. The molecule has 0 unspecified atom stereocenters. The summed E-state index contributed by atoms with van der Waals surface area (Å²) in [5, 5.41) is 0. The number of Topliss-reactive ketones (excluding diaryl/α,β-unsaturated/α-hetero) is 1. The molecule has 0 atom stereocenters. The molecule has 2 nitrogen and oxygen atoms in total.